The molecule has 122 valence electrons. The number of likely N-dealkylation sites (tertiary alicyclic amines) is 1. The van der Waals surface area contributed by atoms with Gasteiger partial charge in [-0.1, -0.05) is 30.3 Å². The molecule has 0 bridgehead atoms. The summed E-state index contributed by atoms with van der Waals surface area (Å²) < 4.78 is 0. The molecular weight excluding hydrogens is 296 g/mol. The van der Waals surface area contributed by atoms with Crippen LogP contribution < -0.4 is 0 Å². The van der Waals surface area contributed by atoms with Crippen LogP contribution >= 0.6 is 11.6 Å². The van der Waals surface area contributed by atoms with Crippen molar-refractivity contribution in [2.24, 2.45) is 0 Å². The van der Waals surface area contributed by atoms with E-state index in [9.17, 15) is 4.79 Å². The zero-order valence-corrected chi connectivity index (χ0v) is 14.4. The summed E-state index contributed by atoms with van der Waals surface area (Å²) in [6.45, 7) is 7.15. The fourth-order valence-electron chi connectivity index (χ4n) is 3.14. The van der Waals surface area contributed by atoms with E-state index in [0.29, 0.717) is 12.1 Å². The highest BCUT2D eigenvalue weighted by Crippen LogP contribution is 2.20. The van der Waals surface area contributed by atoms with Gasteiger partial charge in [-0.3, -0.25) is 9.69 Å². The van der Waals surface area contributed by atoms with Crippen molar-refractivity contribution in [2.45, 2.75) is 51.7 Å². The fourth-order valence-corrected chi connectivity index (χ4v) is 3.30. The van der Waals surface area contributed by atoms with Crippen LogP contribution in [-0.2, 0) is 11.3 Å². The Morgan fingerprint density at radius 1 is 1.32 bits per heavy atom. The first-order chi connectivity index (χ1) is 10.6. The Hall–Kier alpha value is -1.06. The van der Waals surface area contributed by atoms with Crippen LogP contribution in [0.4, 0.5) is 0 Å². The number of hydrogen-bond acceptors (Lipinski definition) is 2. The maximum absolute atomic E-state index is 12.1. The van der Waals surface area contributed by atoms with Crippen LogP contribution in [0.1, 0.15) is 38.7 Å². The Balaban J connectivity index is 2.04. The maximum atomic E-state index is 12.1. The average molecular weight is 323 g/mol. The van der Waals surface area contributed by atoms with Gasteiger partial charge in [-0.25, -0.2) is 0 Å². The van der Waals surface area contributed by atoms with Gasteiger partial charge in [-0.2, -0.15) is 0 Å². The van der Waals surface area contributed by atoms with E-state index in [-0.39, 0.29) is 11.8 Å². The highest BCUT2D eigenvalue weighted by molar-refractivity contribution is 6.27. The number of alkyl halides is 1. The SMILES string of the molecule is CC(C)N(Cc1ccccc1)CC1CCCCN1C(=O)CCl. The van der Waals surface area contributed by atoms with Crippen LogP contribution in [0.2, 0.25) is 0 Å². The molecule has 1 fully saturated rings. The number of hydrogen-bond donors (Lipinski definition) is 0. The lowest BCUT2D eigenvalue weighted by atomic mass is 10.0. The first-order valence-corrected chi connectivity index (χ1v) is 8.78. The minimum absolute atomic E-state index is 0.0785. The van der Waals surface area contributed by atoms with Gasteiger partial charge in [-0.15, -0.1) is 11.6 Å². The second kappa shape index (κ2) is 8.54. The molecule has 1 saturated heterocycles. The van der Waals surface area contributed by atoms with Gasteiger partial charge in [-0.05, 0) is 38.7 Å². The van der Waals surface area contributed by atoms with Gasteiger partial charge in [0.1, 0.15) is 5.88 Å². The van der Waals surface area contributed by atoms with E-state index in [4.69, 9.17) is 11.6 Å². The summed E-state index contributed by atoms with van der Waals surface area (Å²) in [6, 6.07) is 11.3. The van der Waals surface area contributed by atoms with E-state index < -0.39 is 0 Å². The molecule has 1 amide bonds. The first kappa shape index (κ1) is 17.3. The molecular formula is C18H27ClN2O. The molecule has 1 atom stereocenters. The lowest BCUT2D eigenvalue weighted by Gasteiger charge is -2.39. The number of carbonyl (C=O) groups excluding carboxylic acids is 1. The number of piperidine rings is 1. The van der Waals surface area contributed by atoms with Gasteiger partial charge in [0.15, 0.2) is 0 Å². The summed E-state index contributed by atoms with van der Waals surface area (Å²) in [7, 11) is 0. The third-order valence-corrected chi connectivity index (χ3v) is 4.69. The molecule has 0 radical (unpaired) electrons. The summed E-state index contributed by atoms with van der Waals surface area (Å²) in [5.41, 5.74) is 1.32. The molecule has 1 aliphatic rings. The molecule has 3 nitrogen and oxygen atoms in total. The number of amides is 1. The van der Waals surface area contributed by atoms with Gasteiger partial charge in [0, 0.05) is 31.7 Å². The number of carbonyl (C=O) groups is 1. The Kier molecular flexibility index (Phi) is 6.71. The van der Waals surface area contributed by atoms with Gasteiger partial charge in [0.05, 0.1) is 0 Å². The van der Waals surface area contributed by atoms with Crippen LogP contribution in [0.3, 0.4) is 0 Å². The fraction of sp³-hybridized carbons (Fsp3) is 0.611. The van der Waals surface area contributed by atoms with Crippen molar-refractivity contribution in [3.63, 3.8) is 0 Å². The molecule has 1 unspecified atom stereocenters. The highest BCUT2D eigenvalue weighted by atomic mass is 35.5. The topological polar surface area (TPSA) is 23.6 Å². The van der Waals surface area contributed by atoms with Crippen molar-refractivity contribution in [2.75, 3.05) is 19.0 Å². The molecule has 1 heterocycles. The van der Waals surface area contributed by atoms with Gasteiger partial charge in [0.2, 0.25) is 5.91 Å². The van der Waals surface area contributed by atoms with Crippen molar-refractivity contribution < 1.29 is 4.79 Å². The Bertz CT molecular complexity index is 463. The van der Waals surface area contributed by atoms with Crippen LogP contribution in [-0.4, -0.2) is 46.8 Å². The number of halogens is 1. The smallest absolute Gasteiger partial charge is 0.237 e. The zero-order chi connectivity index (χ0) is 15.9. The quantitative estimate of drug-likeness (QED) is 0.748. The van der Waals surface area contributed by atoms with Crippen LogP contribution in [0.15, 0.2) is 30.3 Å². The highest BCUT2D eigenvalue weighted by Gasteiger charge is 2.28. The van der Waals surface area contributed by atoms with E-state index in [1.165, 1.54) is 12.0 Å². The molecule has 0 N–H and O–H groups in total. The second-order valence-corrected chi connectivity index (χ2v) is 6.65. The summed E-state index contributed by atoms with van der Waals surface area (Å²) in [4.78, 5) is 16.5. The normalized spacial score (nSPS) is 19.0. The lowest BCUT2D eigenvalue weighted by molar-refractivity contribution is -0.132. The Morgan fingerprint density at radius 3 is 2.68 bits per heavy atom. The number of rotatable bonds is 6. The average Bonchev–Trinajstić information content (AvgIpc) is 2.55. The van der Waals surface area contributed by atoms with Gasteiger partial charge >= 0.3 is 0 Å². The van der Waals surface area contributed by atoms with E-state index in [0.717, 1.165) is 32.5 Å². The molecule has 0 aromatic heterocycles. The Labute approximate surface area is 139 Å². The van der Waals surface area contributed by atoms with Crippen LogP contribution in [0.5, 0.6) is 0 Å². The molecule has 2 rings (SSSR count). The minimum Gasteiger partial charge on any atom is -0.337 e. The van der Waals surface area contributed by atoms with Crippen molar-refractivity contribution in [1.82, 2.24) is 9.80 Å². The molecule has 22 heavy (non-hydrogen) atoms. The molecule has 0 saturated carbocycles. The molecule has 0 spiro atoms. The molecule has 1 aliphatic heterocycles. The summed E-state index contributed by atoms with van der Waals surface area (Å²) in [6.07, 6.45) is 3.38. The molecule has 0 aliphatic carbocycles. The van der Waals surface area contributed by atoms with Crippen molar-refractivity contribution in [3.8, 4) is 0 Å². The molecule has 4 heteroatoms. The largest absolute Gasteiger partial charge is 0.337 e. The predicted octanol–water partition coefficient (Wildman–Crippen LogP) is 3.52. The van der Waals surface area contributed by atoms with Gasteiger partial charge < -0.3 is 4.90 Å². The van der Waals surface area contributed by atoms with Crippen molar-refractivity contribution in [3.05, 3.63) is 35.9 Å². The predicted molar refractivity (Wildman–Crippen MR) is 92.1 cm³/mol. The monoisotopic (exact) mass is 322 g/mol. The summed E-state index contributed by atoms with van der Waals surface area (Å²) in [5.74, 6) is 0.173. The van der Waals surface area contributed by atoms with Crippen molar-refractivity contribution >= 4 is 17.5 Å². The van der Waals surface area contributed by atoms with E-state index in [1.807, 2.05) is 11.0 Å². The zero-order valence-electron chi connectivity index (χ0n) is 13.7. The standard InChI is InChI=1S/C18H27ClN2O/c1-15(2)20(13-16-8-4-3-5-9-16)14-17-10-6-7-11-21(17)18(22)12-19/h3-5,8-9,15,17H,6-7,10-14H2,1-2H3. The molecule has 1 aromatic carbocycles. The van der Waals surface area contributed by atoms with E-state index in [1.54, 1.807) is 0 Å². The second-order valence-electron chi connectivity index (χ2n) is 6.38. The lowest BCUT2D eigenvalue weighted by Crippen LogP contribution is -2.51. The van der Waals surface area contributed by atoms with Gasteiger partial charge in [0.25, 0.3) is 0 Å². The third-order valence-electron chi connectivity index (χ3n) is 4.47. The number of benzene rings is 1. The minimum atomic E-state index is 0.0785. The summed E-state index contributed by atoms with van der Waals surface area (Å²) >= 11 is 5.77. The van der Waals surface area contributed by atoms with Crippen LogP contribution in [0.25, 0.3) is 0 Å². The van der Waals surface area contributed by atoms with Crippen LogP contribution in [0, 0.1) is 0 Å². The van der Waals surface area contributed by atoms with E-state index >= 15 is 0 Å². The van der Waals surface area contributed by atoms with Crippen molar-refractivity contribution in [1.29, 1.82) is 0 Å². The van der Waals surface area contributed by atoms with E-state index in [2.05, 4.69) is 43.0 Å². The first-order valence-electron chi connectivity index (χ1n) is 8.25. The third kappa shape index (κ3) is 4.72. The summed E-state index contributed by atoms with van der Waals surface area (Å²) in [5, 5.41) is 0. The number of nitrogens with zero attached hydrogens (tertiary/aromatic N) is 2. The Morgan fingerprint density at radius 2 is 2.05 bits per heavy atom. The maximum Gasteiger partial charge on any atom is 0.237 e. The molecule has 1 aromatic rings.